The molecule has 9 nitrogen and oxygen atoms in total. The smallest absolute Gasteiger partial charge is 0.257 e. The number of benzene rings is 2. The van der Waals surface area contributed by atoms with E-state index in [1.165, 1.54) is 18.9 Å². The quantitative estimate of drug-likeness (QED) is 0.428. The molecule has 0 aromatic heterocycles. The van der Waals surface area contributed by atoms with E-state index in [0.717, 1.165) is 25.9 Å². The summed E-state index contributed by atoms with van der Waals surface area (Å²) in [6, 6.07) is 9.49. The third-order valence-corrected chi connectivity index (χ3v) is 9.68. The number of nitrogens with one attached hydrogen (secondary N) is 2. The molecule has 2 heterocycles. The Morgan fingerprint density at radius 2 is 1.38 bits per heavy atom. The minimum atomic E-state index is -3.50. The van der Waals surface area contributed by atoms with Crippen molar-refractivity contribution in [3.05, 3.63) is 47.5 Å². The molecule has 2 aromatic rings. The van der Waals surface area contributed by atoms with Gasteiger partial charge in [0.2, 0.25) is 10.0 Å². The SMILES string of the molecule is CCS(=O)(=O)Nc1ccc(C(=O)Nc2ccc(C(N)=O)c(N3CCC(F)(F)CC3)c2)c(N2CCC3(CC2)CC3)c1. The normalized spacial score (nSPS) is 19.8. The number of rotatable bonds is 8. The monoisotopic (exact) mass is 575 g/mol. The minimum Gasteiger partial charge on any atom is -0.371 e. The molecule has 2 aromatic carbocycles. The Hall–Kier alpha value is -3.41. The Kier molecular flexibility index (Phi) is 7.41. The molecular weight excluding hydrogens is 540 g/mol. The summed E-state index contributed by atoms with van der Waals surface area (Å²) in [6.07, 6.45) is 3.82. The van der Waals surface area contributed by atoms with Crippen molar-refractivity contribution in [1.29, 1.82) is 0 Å². The van der Waals surface area contributed by atoms with Gasteiger partial charge in [-0.1, -0.05) is 0 Å². The number of sulfonamides is 1. The number of piperidine rings is 2. The molecule has 0 bridgehead atoms. The predicted molar refractivity (Wildman–Crippen MR) is 152 cm³/mol. The first-order valence-corrected chi connectivity index (χ1v) is 15.3. The fourth-order valence-electron chi connectivity index (χ4n) is 5.55. The van der Waals surface area contributed by atoms with E-state index in [-0.39, 0.29) is 37.2 Å². The lowest BCUT2D eigenvalue weighted by atomic mass is 9.93. The molecule has 0 unspecified atom stereocenters. The van der Waals surface area contributed by atoms with Crippen LogP contribution in [0.15, 0.2) is 36.4 Å². The maximum Gasteiger partial charge on any atom is 0.257 e. The largest absolute Gasteiger partial charge is 0.371 e. The van der Waals surface area contributed by atoms with Gasteiger partial charge in [-0.05, 0) is 74.4 Å². The molecule has 1 spiro atoms. The Morgan fingerprint density at radius 1 is 0.850 bits per heavy atom. The highest BCUT2D eigenvalue weighted by molar-refractivity contribution is 7.92. The fraction of sp³-hybridized carbons (Fsp3) is 0.500. The van der Waals surface area contributed by atoms with E-state index in [0.29, 0.717) is 33.7 Å². The molecule has 4 N–H and O–H groups in total. The van der Waals surface area contributed by atoms with E-state index in [1.807, 2.05) is 0 Å². The van der Waals surface area contributed by atoms with Gasteiger partial charge in [0, 0.05) is 44.7 Å². The van der Waals surface area contributed by atoms with Crippen molar-refractivity contribution in [2.45, 2.75) is 51.4 Å². The molecule has 1 saturated carbocycles. The summed E-state index contributed by atoms with van der Waals surface area (Å²) in [5.41, 5.74) is 8.35. The number of nitrogens with zero attached hydrogens (tertiary/aromatic N) is 2. The molecule has 2 amide bonds. The predicted octanol–water partition coefficient (Wildman–Crippen LogP) is 4.42. The summed E-state index contributed by atoms with van der Waals surface area (Å²) in [5, 5.41) is 2.88. The lowest BCUT2D eigenvalue weighted by Gasteiger charge is -2.35. The van der Waals surface area contributed by atoms with Gasteiger partial charge in [-0.15, -0.1) is 0 Å². The van der Waals surface area contributed by atoms with Gasteiger partial charge in [0.25, 0.3) is 17.7 Å². The molecule has 1 aliphatic carbocycles. The zero-order chi connectivity index (χ0) is 28.7. The zero-order valence-electron chi connectivity index (χ0n) is 22.5. The number of carbonyl (C=O) groups excluding carboxylic acids is 2. The highest BCUT2D eigenvalue weighted by Crippen LogP contribution is 2.54. The van der Waals surface area contributed by atoms with Crippen LogP contribution >= 0.6 is 0 Å². The molecule has 0 atom stereocenters. The first kappa shape index (κ1) is 28.1. The third-order valence-electron chi connectivity index (χ3n) is 8.37. The van der Waals surface area contributed by atoms with Crippen molar-refractivity contribution in [2.75, 3.05) is 51.8 Å². The van der Waals surface area contributed by atoms with Crippen LogP contribution < -0.4 is 25.6 Å². The third kappa shape index (κ3) is 6.16. The second-order valence-electron chi connectivity index (χ2n) is 11.1. The minimum absolute atomic E-state index is 0.0560. The van der Waals surface area contributed by atoms with Gasteiger partial charge < -0.3 is 20.9 Å². The van der Waals surface area contributed by atoms with Crippen LogP contribution in [-0.4, -0.2) is 58.1 Å². The van der Waals surface area contributed by atoms with Crippen LogP contribution in [0.5, 0.6) is 0 Å². The van der Waals surface area contributed by atoms with Crippen LogP contribution in [0.2, 0.25) is 0 Å². The number of alkyl halides is 2. The number of anilines is 4. The van der Waals surface area contributed by atoms with Crippen LogP contribution in [0.1, 0.15) is 66.2 Å². The first-order valence-electron chi connectivity index (χ1n) is 13.7. The van der Waals surface area contributed by atoms with E-state index in [1.54, 1.807) is 42.2 Å². The summed E-state index contributed by atoms with van der Waals surface area (Å²) >= 11 is 0. The van der Waals surface area contributed by atoms with Gasteiger partial charge in [-0.2, -0.15) is 0 Å². The van der Waals surface area contributed by atoms with Gasteiger partial charge in [0.05, 0.1) is 33.9 Å². The van der Waals surface area contributed by atoms with Crippen molar-refractivity contribution < 1.29 is 26.8 Å². The van der Waals surface area contributed by atoms with Crippen molar-refractivity contribution in [1.82, 2.24) is 0 Å². The van der Waals surface area contributed by atoms with Crippen LogP contribution in [0.4, 0.5) is 31.5 Å². The maximum atomic E-state index is 13.8. The van der Waals surface area contributed by atoms with Crippen LogP contribution in [-0.2, 0) is 10.0 Å². The molecule has 3 aliphatic rings. The first-order chi connectivity index (χ1) is 18.9. The number of amides is 2. The Bertz CT molecular complexity index is 1410. The molecule has 3 fully saturated rings. The lowest BCUT2D eigenvalue weighted by Crippen LogP contribution is -2.40. The fourth-order valence-corrected chi connectivity index (χ4v) is 6.18. The van der Waals surface area contributed by atoms with E-state index >= 15 is 0 Å². The molecule has 0 radical (unpaired) electrons. The van der Waals surface area contributed by atoms with Crippen molar-refractivity contribution in [3.63, 3.8) is 0 Å². The van der Waals surface area contributed by atoms with Crippen LogP contribution in [0, 0.1) is 5.41 Å². The topological polar surface area (TPSA) is 125 Å². The van der Waals surface area contributed by atoms with Gasteiger partial charge in [-0.3, -0.25) is 14.3 Å². The second kappa shape index (κ2) is 10.5. The average molecular weight is 576 g/mol. The van der Waals surface area contributed by atoms with Crippen molar-refractivity contribution in [2.24, 2.45) is 11.1 Å². The number of halogens is 2. The van der Waals surface area contributed by atoms with Gasteiger partial charge in [0.1, 0.15) is 0 Å². The summed E-state index contributed by atoms with van der Waals surface area (Å²) in [7, 11) is -3.50. The summed E-state index contributed by atoms with van der Waals surface area (Å²) in [5.74, 6) is -3.92. The lowest BCUT2D eigenvalue weighted by molar-refractivity contribution is -0.0220. The molecule has 2 aliphatic heterocycles. The number of carbonyl (C=O) groups is 2. The maximum absolute atomic E-state index is 13.8. The van der Waals surface area contributed by atoms with E-state index < -0.39 is 27.8 Å². The Morgan fingerprint density at radius 3 is 1.95 bits per heavy atom. The molecule has 12 heteroatoms. The average Bonchev–Trinajstić information content (AvgIpc) is 3.67. The van der Waals surface area contributed by atoms with Crippen molar-refractivity contribution in [3.8, 4) is 0 Å². The standard InChI is InChI=1S/C28H35F2N5O4S/c1-2-40(38,39)33-20-4-6-22(24(18-20)34-13-9-27(7-8-27)10-14-34)26(37)32-19-3-5-21(25(31)36)23(17-19)35-15-11-28(29,30)12-16-35/h3-6,17-18,33H,2,7-16H2,1H3,(H2,31,36)(H,32,37). The number of primary amides is 1. The van der Waals surface area contributed by atoms with E-state index in [2.05, 4.69) is 14.9 Å². The Balaban J connectivity index is 1.42. The number of nitrogens with two attached hydrogens (primary N) is 1. The second-order valence-corrected chi connectivity index (χ2v) is 13.1. The molecule has 216 valence electrons. The van der Waals surface area contributed by atoms with Crippen LogP contribution in [0.25, 0.3) is 0 Å². The molecular formula is C28H35F2N5O4S. The summed E-state index contributed by atoms with van der Waals surface area (Å²) in [6.45, 7) is 3.20. The molecule has 5 rings (SSSR count). The Labute approximate surface area is 233 Å². The molecule has 2 saturated heterocycles. The number of hydrogen-bond donors (Lipinski definition) is 3. The van der Waals surface area contributed by atoms with Crippen molar-refractivity contribution >= 4 is 44.6 Å². The van der Waals surface area contributed by atoms with Crippen LogP contribution in [0.3, 0.4) is 0 Å². The van der Waals surface area contributed by atoms with Gasteiger partial charge in [-0.25, -0.2) is 17.2 Å². The van der Waals surface area contributed by atoms with E-state index in [4.69, 9.17) is 5.73 Å². The summed E-state index contributed by atoms with van der Waals surface area (Å²) < 4.78 is 54.5. The summed E-state index contributed by atoms with van der Waals surface area (Å²) in [4.78, 5) is 29.5. The van der Waals surface area contributed by atoms with Gasteiger partial charge >= 0.3 is 0 Å². The zero-order valence-corrected chi connectivity index (χ0v) is 23.3. The van der Waals surface area contributed by atoms with E-state index in [9.17, 15) is 26.8 Å². The van der Waals surface area contributed by atoms with Gasteiger partial charge in [0.15, 0.2) is 0 Å². The highest BCUT2D eigenvalue weighted by Gasteiger charge is 2.44. The molecule has 40 heavy (non-hydrogen) atoms. The number of hydrogen-bond acceptors (Lipinski definition) is 6. The highest BCUT2D eigenvalue weighted by atomic mass is 32.2.